The number of hydrogen-bond donors (Lipinski definition) is 7. The summed E-state index contributed by atoms with van der Waals surface area (Å²) in [6.45, 7) is 22.3. The minimum Gasteiger partial charge on any atom is -0.458 e. The average Bonchev–Trinajstić information content (AvgIpc) is 1.85. The van der Waals surface area contributed by atoms with E-state index in [2.05, 4.69) is 111 Å². The van der Waals surface area contributed by atoms with Crippen LogP contribution in [-0.2, 0) is 41.8 Å². The lowest BCUT2D eigenvalue weighted by Crippen LogP contribution is -2.48. The molecule has 91 heavy (non-hydrogen) atoms. The molecule has 0 aliphatic carbocycles. The number of nitrogens with one attached hydrogen (secondary N) is 4. The van der Waals surface area contributed by atoms with Crippen molar-refractivity contribution in [3.8, 4) is 5.82 Å². The van der Waals surface area contributed by atoms with Gasteiger partial charge in [0.05, 0.1) is 0 Å². The molecule has 7 aromatic rings. The number of nitrogens with zero attached hydrogens (tertiary/aromatic N) is 9. The number of alkyl carbamates (subject to hydrolysis) is 2. The maximum atomic E-state index is 13.1. The van der Waals surface area contributed by atoms with Gasteiger partial charge in [0.1, 0.15) is 84.1 Å². The highest BCUT2D eigenvalue weighted by molar-refractivity contribution is 5.85. The number of piperidine rings is 2. The van der Waals surface area contributed by atoms with E-state index in [1.165, 1.54) is 24.0 Å². The van der Waals surface area contributed by atoms with Gasteiger partial charge in [-0.3, -0.25) is 0 Å². The van der Waals surface area contributed by atoms with Crippen molar-refractivity contribution in [3.05, 3.63) is 167 Å². The van der Waals surface area contributed by atoms with E-state index in [0.717, 1.165) is 103 Å². The lowest BCUT2D eigenvalue weighted by Gasteiger charge is -2.33. The van der Waals surface area contributed by atoms with Gasteiger partial charge in [-0.15, -0.1) is 12.4 Å². The van der Waals surface area contributed by atoms with Gasteiger partial charge in [0, 0.05) is 85.0 Å². The predicted octanol–water partition coefficient (Wildman–Crippen LogP) is 9.97. The lowest BCUT2D eigenvalue weighted by atomic mass is 9.93. The number of rotatable bonds is 19. The number of hydrogen-bond acceptors (Lipinski definition) is 21. The maximum absolute atomic E-state index is 13.1. The highest BCUT2D eigenvalue weighted by atomic mass is 35.5. The van der Waals surface area contributed by atoms with Gasteiger partial charge in [-0.25, -0.2) is 55.0 Å². The minimum atomic E-state index is -1.01. The number of aryl methyl sites for hydroxylation is 2. The average molecular weight is 1270 g/mol. The molecule has 0 unspecified atom stereocenters. The molecule has 2 aromatic carbocycles. The SMILES string of the molecule is Cc1c(NC[C@H](NC(=O)OCc2ccccc2)C(=O)OC(C)(C)C)ncnc1N1CCC(c2cccc(-n3c(C)ccc3C)n2)CC1.Cc1c(NC[C@H](NC(=O)OCc2ccccc2)C(=O)OC(C)(C)C)ncnc1N1CCC(c2cccc(N)n2)CC1.Cl.NO. The van der Waals surface area contributed by atoms with Crippen molar-refractivity contribution in [1.29, 1.82) is 0 Å². The summed E-state index contributed by atoms with van der Waals surface area (Å²) in [5.74, 6) is 7.35. The summed E-state index contributed by atoms with van der Waals surface area (Å²) in [4.78, 5) is 83.3. The maximum Gasteiger partial charge on any atom is 0.408 e. The van der Waals surface area contributed by atoms with Crippen LogP contribution in [0.2, 0.25) is 0 Å². The van der Waals surface area contributed by atoms with Gasteiger partial charge >= 0.3 is 24.1 Å². The number of anilines is 5. The molecule has 9 N–H and O–H groups in total. The monoisotopic (exact) mass is 1270 g/mol. The number of amides is 2. The summed E-state index contributed by atoms with van der Waals surface area (Å²) in [5.41, 5.74) is 12.3. The molecule has 2 saturated heterocycles. The molecule has 9 rings (SSSR count). The Morgan fingerprint density at radius 2 is 0.945 bits per heavy atom. The molecule has 2 aliphatic heterocycles. The summed E-state index contributed by atoms with van der Waals surface area (Å²) < 4.78 is 24.0. The Kier molecular flexibility index (Phi) is 26.2. The second-order valence-corrected chi connectivity index (χ2v) is 24.1. The Bertz CT molecular complexity index is 3440. The lowest BCUT2D eigenvalue weighted by molar-refractivity contribution is -0.158. The van der Waals surface area contributed by atoms with Gasteiger partial charge in [0.25, 0.3) is 0 Å². The zero-order valence-electron chi connectivity index (χ0n) is 53.6. The number of benzene rings is 2. The summed E-state index contributed by atoms with van der Waals surface area (Å²) >= 11 is 0. The molecule has 488 valence electrons. The fourth-order valence-corrected chi connectivity index (χ4v) is 10.5. The first-order chi connectivity index (χ1) is 43.1. The summed E-state index contributed by atoms with van der Waals surface area (Å²) in [6, 6.07) is 32.9. The third-order valence-electron chi connectivity index (χ3n) is 14.9. The van der Waals surface area contributed by atoms with Gasteiger partial charge in [0.2, 0.25) is 0 Å². The second-order valence-electron chi connectivity index (χ2n) is 24.1. The first-order valence-electron chi connectivity index (χ1n) is 30.2. The van der Waals surface area contributed by atoms with Gasteiger partial charge in [0.15, 0.2) is 0 Å². The van der Waals surface area contributed by atoms with E-state index in [1.54, 1.807) is 47.6 Å². The number of carbonyl (C=O) groups excluding carboxylic acids is 4. The van der Waals surface area contributed by atoms with Crippen molar-refractivity contribution in [2.45, 2.75) is 143 Å². The number of carbonyl (C=O) groups is 4. The van der Waals surface area contributed by atoms with Crippen LogP contribution >= 0.6 is 12.4 Å². The molecular formula is C66H88ClN15O9. The molecule has 2 amide bonds. The van der Waals surface area contributed by atoms with E-state index in [0.29, 0.717) is 29.3 Å². The first kappa shape index (κ1) is 71.0. The van der Waals surface area contributed by atoms with Crippen LogP contribution < -0.4 is 42.7 Å². The van der Waals surface area contributed by atoms with Gasteiger partial charge in [-0.1, -0.05) is 72.8 Å². The van der Waals surface area contributed by atoms with Crippen LogP contribution in [0.4, 0.5) is 38.7 Å². The number of pyridine rings is 2. The molecule has 2 fully saturated rings. The number of esters is 2. The van der Waals surface area contributed by atoms with Crippen molar-refractivity contribution in [3.63, 3.8) is 0 Å². The molecule has 0 bridgehead atoms. The highest BCUT2D eigenvalue weighted by Crippen LogP contribution is 2.34. The van der Waals surface area contributed by atoms with Gasteiger partial charge in [-0.05, 0) is 142 Å². The third-order valence-corrected chi connectivity index (χ3v) is 14.9. The van der Waals surface area contributed by atoms with Gasteiger partial charge < -0.3 is 65.5 Å². The van der Waals surface area contributed by atoms with Crippen molar-refractivity contribution >= 4 is 65.6 Å². The molecule has 2 aliphatic rings. The third kappa shape index (κ3) is 21.2. The van der Waals surface area contributed by atoms with E-state index in [4.69, 9.17) is 34.9 Å². The van der Waals surface area contributed by atoms with Crippen LogP contribution in [-0.4, -0.2) is 126 Å². The van der Waals surface area contributed by atoms with E-state index >= 15 is 0 Å². The number of aromatic nitrogens is 7. The molecule has 0 saturated carbocycles. The molecule has 7 heterocycles. The summed E-state index contributed by atoms with van der Waals surface area (Å²) in [6.07, 6.45) is 5.34. The zero-order chi connectivity index (χ0) is 65.0. The molecule has 2 atom stereocenters. The fourth-order valence-electron chi connectivity index (χ4n) is 10.5. The van der Waals surface area contributed by atoms with Crippen LogP contribution in [0.1, 0.15) is 124 Å². The van der Waals surface area contributed by atoms with E-state index in [-0.39, 0.29) is 38.7 Å². The zero-order valence-corrected chi connectivity index (χ0v) is 54.5. The van der Waals surface area contributed by atoms with E-state index in [1.807, 2.05) is 86.6 Å². The van der Waals surface area contributed by atoms with E-state index < -0.39 is 47.4 Å². The van der Waals surface area contributed by atoms with Crippen molar-refractivity contribution in [2.75, 3.05) is 65.4 Å². The molecule has 25 heteroatoms. The Morgan fingerprint density at radius 3 is 1.34 bits per heavy atom. The Balaban J connectivity index is 0.000000281. The first-order valence-corrected chi connectivity index (χ1v) is 30.2. The van der Waals surface area contributed by atoms with Crippen LogP contribution in [0, 0.1) is 27.7 Å². The standard InChI is InChI=1S/C36H45N7O4.C30H39N7O4.ClH.H3NO/c1-24-15-16-25(2)43(24)31-14-10-13-29(40-31)28-17-19-42(20-18-28)33-26(3)32(38-23-39-33)37-21-30(34(44)47-36(4,5)6)41-35(45)46-22-27-11-8-7-9-12-27;1-20-26(33-19-34-27(20)37-15-13-22(14-16-37)23-11-8-12-25(31)35-23)32-17-24(28(38)41-30(2,3)4)36-29(39)40-18-21-9-6-5-7-10-21;;1-2/h7-16,23,28,30H,17-22H2,1-6H3,(H,41,45)(H,37,38,39);5-12,19,22,24H,13-18H2,1-4H3,(H2,31,35)(H,36,39)(H,32,33,34);1H;2H,1H2/t30-;24-;;/m00../s1. The smallest absolute Gasteiger partial charge is 0.408 e. The number of nitrogens with two attached hydrogens (primary N) is 2. The van der Waals surface area contributed by atoms with Crippen LogP contribution in [0.15, 0.2) is 122 Å². The van der Waals surface area contributed by atoms with Crippen molar-refractivity contribution < 1.29 is 43.3 Å². The van der Waals surface area contributed by atoms with Crippen LogP contribution in [0.5, 0.6) is 0 Å². The molecular weight excluding hydrogens is 1180 g/mol. The number of ether oxygens (including phenoxy) is 4. The Labute approximate surface area is 539 Å². The minimum absolute atomic E-state index is 0. The van der Waals surface area contributed by atoms with E-state index in [9.17, 15) is 19.2 Å². The van der Waals surface area contributed by atoms with Crippen LogP contribution in [0.25, 0.3) is 5.82 Å². The molecule has 5 aromatic heterocycles. The van der Waals surface area contributed by atoms with Gasteiger partial charge in [-0.2, -0.15) is 0 Å². The largest absolute Gasteiger partial charge is 0.458 e. The molecule has 0 spiro atoms. The fraction of sp³-hybridized carbons (Fsp3) is 0.424. The van der Waals surface area contributed by atoms with Crippen LogP contribution in [0.3, 0.4) is 0 Å². The second kappa shape index (κ2) is 33.6. The Hall–Kier alpha value is -9.13. The Morgan fingerprint density at radius 1 is 0.549 bits per heavy atom. The normalized spacial score (nSPS) is 14.1. The number of nitrogen functional groups attached to an aromatic ring is 1. The predicted molar refractivity (Wildman–Crippen MR) is 353 cm³/mol. The molecule has 24 nitrogen and oxygen atoms in total. The topological polar surface area (TPSA) is 314 Å². The summed E-state index contributed by atoms with van der Waals surface area (Å²) in [7, 11) is 0. The molecule has 0 radical (unpaired) electrons. The van der Waals surface area contributed by atoms with Crippen molar-refractivity contribution in [2.24, 2.45) is 5.90 Å². The summed E-state index contributed by atoms with van der Waals surface area (Å²) in [5, 5.41) is 18.2. The number of halogens is 1. The highest BCUT2D eigenvalue weighted by Gasteiger charge is 2.31. The quantitative estimate of drug-likeness (QED) is 0.0225. The van der Waals surface area contributed by atoms with Crippen molar-refractivity contribution in [1.82, 2.24) is 45.1 Å².